The number of nitrogens with one attached hydrogen (secondary N) is 1. The van der Waals surface area contributed by atoms with Crippen molar-refractivity contribution in [3.8, 4) is 5.75 Å². The number of para-hydroxylation sites is 2. The molecule has 0 fully saturated rings. The second-order valence-electron chi connectivity index (χ2n) is 5.27. The zero-order chi connectivity index (χ0) is 17.8. The Morgan fingerprint density at radius 3 is 2.80 bits per heavy atom. The van der Waals surface area contributed by atoms with Crippen molar-refractivity contribution in [2.45, 2.75) is 13.0 Å². The molecular weight excluding hydrogens is 324 g/mol. The lowest BCUT2D eigenvalue weighted by Crippen LogP contribution is -2.30. The number of carbonyl (C=O) groups excluding carboxylic acids is 2. The normalized spacial score (nSPS) is 11.8. The van der Waals surface area contributed by atoms with Crippen LogP contribution in [0.2, 0.25) is 0 Å². The van der Waals surface area contributed by atoms with Crippen molar-refractivity contribution in [3.05, 3.63) is 54.4 Å². The number of nitrogens with zero attached hydrogens (tertiary/aromatic N) is 1. The number of hydrogen-bond acceptors (Lipinski definition) is 6. The van der Waals surface area contributed by atoms with E-state index in [-0.39, 0.29) is 0 Å². The van der Waals surface area contributed by atoms with E-state index in [4.69, 9.17) is 13.9 Å². The first-order valence-electron chi connectivity index (χ1n) is 7.56. The minimum atomic E-state index is -0.981. The van der Waals surface area contributed by atoms with Crippen LogP contribution in [0.25, 0.3) is 11.1 Å². The SMILES string of the molecule is COc1ccccc1NC(=O)C(C)OC(=O)c1ccc2ocnc2c1. The van der Waals surface area contributed by atoms with Gasteiger partial charge < -0.3 is 19.2 Å². The van der Waals surface area contributed by atoms with Crippen molar-refractivity contribution < 1.29 is 23.5 Å². The largest absolute Gasteiger partial charge is 0.495 e. The van der Waals surface area contributed by atoms with E-state index in [2.05, 4.69) is 10.3 Å². The molecule has 1 atom stereocenters. The van der Waals surface area contributed by atoms with E-state index in [1.165, 1.54) is 20.4 Å². The molecule has 7 heteroatoms. The molecule has 1 unspecified atom stereocenters. The monoisotopic (exact) mass is 340 g/mol. The van der Waals surface area contributed by atoms with Crippen LogP contribution in [0.5, 0.6) is 5.75 Å². The topological polar surface area (TPSA) is 90.7 Å². The van der Waals surface area contributed by atoms with Crippen molar-refractivity contribution in [1.29, 1.82) is 0 Å². The summed E-state index contributed by atoms with van der Waals surface area (Å²) in [7, 11) is 1.51. The van der Waals surface area contributed by atoms with Crippen LogP contribution in [0.15, 0.2) is 53.3 Å². The van der Waals surface area contributed by atoms with Crippen LogP contribution in [0.4, 0.5) is 5.69 Å². The average Bonchev–Trinajstić information content (AvgIpc) is 3.09. The summed E-state index contributed by atoms with van der Waals surface area (Å²) < 4.78 is 15.5. The van der Waals surface area contributed by atoms with Gasteiger partial charge in [0.1, 0.15) is 11.3 Å². The number of methoxy groups -OCH3 is 1. The smallest absolute Gasteiger partial charge is 0.338 e. The number of rotatable bonds is 5. The van der Waals surface area contributed by atoms with Gasteiger partial charge in [0, 0.05) is 0 Å². The number of amides is 1. The standard InChI is InChI=1S/C18H16N2O5/c1-11(17(21)20-13-5-3-4-6-15(13)23-2)25-18(22)12-7-8-16-14(9-12)19-10-24-16/h3-11H,1-2H3,(H,20,21). The summed E-state index contributed by atoms with van der Waals surface area (Å²) in [6.45, 7) is 1.50. The maximum atomic E-state index is 12.2. The molecule has 0 radical (unpaired) electrons. The van der Waals surface area contributed by atoms with Crippen LogP contribution in [0, 0.1) is 0 Å². The molecule has 0 saturated heterocycles. The van der Waals surface area contributed by atoms with E-state index in [0.29, 0.717) is 28.1 Å². The number of ether oxygens (including phenoxy) is 2. The Labute approximate surface area is 143 Å². The average molecular weight is 340 g/mol. The first kappa shape index (κ1) is 16.5. The first-order chi connectivity index (χ1) is 12.1. The second-order valence-corrected chi connectivity index (χ2v) is 5.27. The Balaban J connectivity index is 1.67. The molecule has 1 heterocycles. The van der Waals surface area contributed by atoms with Crippen molar-refractivity contribution in [3.63, 3.8) is 0 Å². The van der Waals surface area contributed by atoms with E-state index >= 15 is 0 Å². The summed E-state index contributed by atoms with van der Waals surface area (Å²) in [6, 6.07) is 11.7. The molecule has 25 heavy (non-hydrogen) atoms. The van der Waals surface area contributed by atoms with E-state index in [1.54, 1.807) is 42.5 Å². The van der Waals surface area contributed by atoms with E-state index in [1.807, 2.05) is 0 Å². The van der Waals surface area contributed by atoms with Gasteiger partial charge in [0.2, 0.25) is 0 Å². The van der Waals surface area contributed by atoms with Gasteiger partial charge in [-0.05, 0) is 37.3 Å². The minimum absolute atomic E-state index is 0.290. The zero-order valence-electron chi connectivity index (χ0n) is 13.7. The number of benzene rings is 2. The molecule has 0 saturated carbocycles. The lowest BCUT2D eigenvalue weighted by Gasteiger charge is -2.15. The van der Waals surface area contributed by atoms with Crippen molar-refractivity contribution >= 4 is 28.7 Å². The number of fused-ring (bicyclic) bond motifs is 1. The fourth-order valence-corrected chi connectivity index (χ4v) is 2.25. The minimum Gasteiger partial charge on any atom is -0.495 e. The molecule has 1 aromatic heterocycles. The van der Waals surface area contributed by atoms with Crippen LogP contribution in [-0.2, 0) is 9.53 Å². The van der Waals surface area contributed by atoms with Crippen LogP contribution >= 0.6 is 0 Å². The summed E-state index contributed by atoms with van der Waals surface area (Å²) in [5.41, 5.74) is 1.90. The van der Waals surface area contributed by atoms with Gasteiger partial charge in [-0.3, -0.25) is 4.79 Å². The third-order valence-corrected chi connectivity index (χ3v) is 3.58. The molecule has 3 rings (SSSR count). The molecule has 0 spiro atoms. The Bertz CT molecular complexity index is 918. The first-order valence-corrected chi connectivity index (χ1v) is 7.56. The lowest BCUT2D eigenvalue weighted by molar-refractivity contribution is -0.123. The van der Waals surface area contributed by atoms with Gasteiger partial charge in [0.15, 0.2) is 18.1 Å². The zero-order valence-corrected chi connectivity index (χ0v) is 13.7. The van der Waals surface area contributed by atoms with Gasteiger partial charge in [0.25, 0.3) is 5.91 Å². The van der Waals surface area contributed by atoms with Crippen molar-refractivity contribution in [2.75, 3.05) is 12.4 Å². The number of esters is 1. The van der Waals surface area contributed by atoms with Gasteiger partial charge in [-0.1, -0.05) is 12.1 Å². The van der Waals surface area contributed by atoms with E-state index in [9.17, 15) is 9.59 Å². The summed E-state index contributed by atoms with van der Waals surface area (Å²) >= 11 is 0. The van der Waals surface area contributed by atoms with Gasteiger partial charge >= 0.3 is 5.97 Å². The Hall–Kier alpha value is -3.35. The third-order valence-electron chi connectivity index (χ3n) is 3.58. The highest BCUT2D eigenvalue weighted by atomic mass is 16.5. The molecular formula is C18H16N2O5. The van der Waals surface area contributed by atoms with Crippen LogP contribution in [-0.4, -0.2) is 30.1 Å². The van der Waals surface area contributed by atoms with Gasteiger partial charge in [-0.2, -0.15) is 0 Å². The number of hydrogen-bond donors (Lipinski definition) is 1. The fourth-order valence-electron chi connectivity index (χ4n) is 2.25. The predicted octanol–water partition coefficient (Wildman–Crippen LogP) is 3.02. The maximum absolute atomic E-state index is 12.2. The van der Waals surface area contributed by atoms with E-state index in [0.717, 1.165) is 0 Å². The Kier molecular flexibility index (Phi) is 4.65. The fraction of sp³-hybridized carbons (Fsp3) is 0.167. The summed E-state index contributed by atoms with van der Waals surface area (Å²) in [5.74, 6) is -0.557. The summed E-state index contributed by atoms with van der Waals surface area (Å²) in [5, 5.41) is 2.68. The molecule has 0 aliphatic carbocycles. The van der Waals surface area contributed by atoms with Gasteiger partial charge in [-0.15, -0.1) is 0 Å². The summed E-state index contributed by atoms with van der Waals surface area (Å²) in [6.07, 6.45) is 0.314. The van der Waals surface area contributed by atoms with Crippen LogP contribution in [0.1, 0.15) is 17.3 Å². The second kappa shape index (κ2) is 7.04. The van der Waals surface area contributed by atoms with Gasteiger partial charge in [0.05, 0.1) is 18.4 Å². The molecule has 7 nitrogen and oxygen atoms in total. The number of anilines is 1. The van der Waals surface area contributed by atoms with Crippen molar-refractivity contribution in [1.82, 2.24) is 4.98 Å². The molecule has 2 aromatic carbocycles. The molecule has 3 aromatic rings. The molecule has 0 bridgehead atoms. The van der Waals surface area contributed by atoms with E-state index < -0.39 is 18.0 Å². The highest BCUT2D eigenvalue weighted by Crippen LogP contribution is 2.23. The quantitative estimate of drug-likeness (QED) is 0.718. The number of carbonyl (C=O) groups is 2. The predicted molar refractivity (Wildman–Crippen MR) is 90.5 cm³/mol. The maximum Gasteiger partial charge on any atom is 0.338 e. The highest BCUT2D eigenvalue weighted by molar-refractivity contribution is 5.99. The van der Waals surface area contributed by atoms with Crippen molar-refractivity contribution in [2.24, 2.45) is 0 Å². The Morgan fingerprint density at radius 2 is 2.00 bits per heavy atom. The molecule has 1 amide bonds. The molecule has 128 valence electrons. The lowest BCUT2D eigenvalue weighted by atomic mass is 10.2. The van der Waals surface area contributed by atoms with Crippen LogP contribution < -0.4 is 10.1 Å². The summed E-state index contributed by atoms with van der Waals surface area (Å²) in [4.78, 5) is 28.4. The molecule has 0 aliphatic heterocycles. The third kappa shape index (κ3) is 3.60. The molecule has 1 N–H and O–H groups in total. The number of aromatic nitrogens is 1. The highest BCUT2D eigenvalue weighted by Gasteiger charge is 2.20. The van der Waals surface area contributed by atoms with Gasteiger partial charge in [-0.25, -0.2) is 9.78 Å². The Morgan fingerprint density at radius 1 is 1.20 bits per heavy atom. The van der Waals surface area contributed by atoms with Crippen LogP contribution in [0.3, 0.4) is 0 Å². The molecule has 0 aliphatic rings. The number of oxazole rings is 1.